The van der Waals surface area contributed by atoms with Gasteiger partial charge < -0.3 is 14.6 Å². The smallest absolute Gasteiger partial charge is 0.307 e. The number of hydrogen-bond acceptors (Lipinski definition) is 4. The number of aliphatic carboxylic acids is 1. The molecule has 3 atom stereocenters. The lowest BCUT2D eigenvalue weighted by molar-refractivity contribution is -0.139. The molecule has 0 saturated heterocycles. The molecule has 38 heavy (non-hydrogen) atoms. The fourth-order valence-corrected chi connectivity index (χ4v) is 6.45. The summed E-state index contributed by atoms with van der Waals surface area (Å²) in [5, 5.41) is 9.31. The first-order valence-corrected chi connectivity index (χ1v) is 13.2. The van der Waals surface area contributed by atoms with Crippen LogP contribution in [0.5, 0.6) is 11.6 Å². The van der Waals surface area contributed by atoms with Crippen molar-refractivity contribution >= 4 is 5.97 Å². The molecule has 0 aliphatic heterocycles. The molecule has 7 heteroatoms. The maximum absolute atomic E-state index is 13.0. The number of aryl methyl sites for hydroxylation is 2. The number of pyridine rings is 1. The van der Waals surface area contributed by atoms with E-state index in [2.05, 4.69) is 31.0 Å². The Kier molecular flexibility index (Phi) is 6.12. The topological polar surface area (TPSA) is 68.7 Å². The number of nitrogens with zero attached hydrogens (tertiary/aromatic N) is 1. The van der Waals surface area contributed by atoms with Crippen molar-refractivity contribution < 1.29 is 28.2 Å². The van der Waals surface area contributed by atoms with E-state index >= 15 is 0 Å². The summed E-state index contributed by atoms with van der Waals surface area (Å²) in [4.78, 5) is 15.8. The van der Waals surface area contributed by atoms with Crippen molar-refractivity contribution in [2.24, 2.45) is 17.8 Å². The lowest BCUT2D eigenvalue weighted by atomic mass is 9.79. The zero-order chi connectivity index (χ0) is 26.6. The molecule has 0 unspecified atom stereocenters. The molecule has 2 aromatic carbocycles. The summed E-state index contributed by atoms with van der Waals surface area (Å²) in [5.74, 6) is -1.75. The van der Waals surface area contributed by atoms with Crippen molar-refractivity contribution in [3.05, 3.63) is 76.5 Å². The Hall–Kier alpha value is -3.48. The van der Waals surface area contributed by atoms with Crippen molar-refractivity contribution in [3.8, 4) is 22.8 Å². The highest BCUT2D eigenvalue weighted by Gasteiger charge is 2.60. The Morgan fingerprint density at radius 1 is 1.11 bits per heavy atom. The summed E-state index contributed by atoms with van der Waals surface area (Å²) >= 11 is 0. The van der Waals surface area contributed by atoms with Crippen LogP contribution in [0.3, 0.4) is 0 Å². The zero-order valence-corrected chi connectivity index (χ0v) is 21.5. The number of rotatable bonds is 9. The summed E-state index contributed by atoms with van der Waals surface area (Å²) in [6, 6.07) is 14.2. The average molecular weight is 520 g/mol. The van der Waals surface area contributed by atoms with Gasteiger partial charge in [-0.15, -0.1) is 0 Å². The van der Waals surface area contributed by atoms with Gasteiger partial charge in [-0.2, -0.15) is 0 Å². The molecule has 198 valence electrons. The molecule has 6 rings (SSSR count). The van der Waals surface area contributed by atoms with Crippen LogP contribution in [-0.4, -0.2) is 28.6 Å². The summed E-state index contributed by atoms with van der Waals surface area (Å²) in [7, 11) is 0. The van der Waals surface area contributed by atoms with Gasteiger partial charge in [0.15, 0.2) is 0 Å². The van der Waals surface area contributed by atoms with E-state index < -0.39 is 11.9 Å². The lowest BCUT2D eigenvalue weighted by Gasteiger charge is -2.34. The minimum atomic E-state index is -2.48. The zero-order valence-electron chi connectivity index (χ0n) is 21.5. The predicted octanol–water partition coefficient (Wildman–Crippen LogP) is 6.73. The van der Waals surface area contributed by atoms with E-state index in [-0.39, 0.29) is 36.5 Å². The largest absolute Gasteiger partial charge is 0.494 e. The van der Waals surface area contributed by atoms with E-state index in [0.29, 0.717) is 25.5 Å². The molecule has 0 amide bonds. The number of fused-ring (bicyclic) bond motifs is 3. The van der Waals surface area contributed by atoms with Gasteiger partial charge in [0.05, 0.1) is 12.5 Å². The maximum Gasteiger partial charge on any atom is 0.307 e. The van der Waals surface area contributed by atoms with Gasteiger partial charge in [0.1, 0.15) is 12.4 Å². The van der Waals surface area contributed by atoms with Crippen LogP contribution in [0.4, 0.5) is 8.78 Å². The molecule has 2 fully saturated rings. The number of alkyl halides is 2. The first kappa shape index (κ1) is 24.8. The number of halogens is 2. The number of hydrogen-bond donors (Lipinski definition) is 1. The van der Waals surface area contributed by atoms with Crippen molar-refractivity contribution in [1.82, 2.24) is 4.98 Å². The number of carbonyl (C=O) groups is 1. The molecule has 3 aliphatic carbocycles. The lowest BCUT2D eigenvalue weighted by Crippen LogP contribution is -2.36. The average Bonchev–Trinajstić information content (AvgIpc) is 3.44. The van der Waals surface area contributed by atoms with Gasteiger partial charge in [-0.3, -0.25) is 4.79 Å². The first-order chi connectivity index (χ1) is 18.2. The van der Waals surface area contributed by atoms with Crippen molar-refractivity contribution in [3.63, 3.8) is 0 Å². The second-order valence-corrected chi connectivity index (χ2v) is 11.2. The Morgan fingerprint density at radius 2 is 1.87 bits per heavy atom. The second kappa shape index (κ2) is 9.37. The van der Waals surface area contributed by atoms with Crippen molar-refractivity contribution in [1.29, 1.82) is 0 Å². The SMILES string of the molecule is Cc1cc(OCCC2CC(F)(F)C2)cc(C)c1-c1cccc(COc2cc3c(cn2)[C@H]2[C@@H](C3)[C@@H]2C(=O)O)c1. The van der Waals surface area contributed by atoms with Crippen LogP contribution in [0.15, 0.2) is 48.7 Å². The second-order valence-electron chi connectivity index (χ2n) is 11.2. The first-order valence-electron chi connectivity index (χ1n) is 13.2. The molecule has 3 aliphatic rings. The minimum absolute atomic E-state index is 0.0237. The van der Waals surface area contributed by atoms with Gasteiger partial charge in [-0.25, -0.2) is 13.8 Å². The van der Waals surface area contributed by atoms with Crippen LogP contribution in [0.2, 0.25) is 0 Å². The quantitative estimate of drug-likeness (QED) is 0.340. The Bertz CT molecular complexity index is 1370. The van der Waals surface area contributed by atoms with Gasteiger partial charge in [0.2, 0.25) is 11.8 Å². The molecule has 0 bridgehead atoms. The van der Waals surface area contributed by atoms with E-state index in [9.17, 15) is 18.7 Å². The van der Waals surface area contributed by atoms with Crippen molar-refractivity contribution in [2.75, 3.05) is 6.61 Å². The molecule has 1 heterocycles. The van der Waals surface area contributed by atoms with Gasteiger partial charge in [-0.05, 0) is 95.7 Å². The Balaban J connectivity index is 1.08. The molecule has 1 aromatic heterocycles. The van der Waals surface area contributed by atoms with Gasteiger partial charge >= 0.3 is 5.97 Å². The Morgan fingerprint density at radius 3 is 2.58 bits per heavy atom. The van der Waals surface area contributed by atoms with Crippen molar-refractivity contribution in [2.45, 2.75) is 58.0 Å². The molecule has 5 nitrogen and oxygen atoms in total. The molecule has 2 saturated carbocycles. The summed E-state index contributed by atoms with van der Waals surface area (Å²) in [5.41, 5.74) is 7.63. The van der Waals surface area contributed by atoms with Gasteiger partial charge in [0.25, 0.3) is 0 Å². The highest BCUT2D eigenvalue weighted by molar-refractivity contribution is 5.77. The van der Waals surface area contributed by atoms with E-state index in [1.807, 2.05) is 30.3 Å². The number of ether oxygens (including phenoxy) is 2. The molecular formula is C31H31F2NO4. The summed E-state index contributed by atoms with van der Waals surface area (Å²) < 4.78 is 38.0. The predicted molar refractivity (Wildman–Crippen MR) is 139 cm³/mol. The maximum atomic E-state index is 13.0. The molecule has 3 aromatic rings. The van der Waals surface area contributed by atoms with E-state index in [1.165, 1.54) is 0 Å². The molecule has 0 radical (unpaired) electrons. The highest BCUT2D eigenvalue weighted by Crippen LogP contribution is 2.61. The number of benzene rings is 2. The van der Waals surface area contributed by atoms with Gasteiger partial charge in [0, 0.05) is 31.0 Å². The summed E-state index contributed by atoms with van der Waals surface area (Å²) in [6.45, 7) is 4.94. The Labute approximate surface area is 220 Å². The van der Waals surface area contributed by atoms with Crippen LogP contribution in [0.25, 0.3) is 11.1 Å². The van der Waals surface area contributed by atoms with Crippen LogP contribution >= 0.6 is 0 Å². The summed E-state index contributed by atoms with van der Waals surface area (Å²) in [6.07, 6.45) is 3.17. The van der Waals surface area contributed by atoms with Gasteiger partial charge in [-0.1, -0.05) is 18.2 Å². The van der Waals surface area contributed by atoms with E-state index in [4.69, 9.17) is 9.47 Å². The molecule has 1 N–H and O–H groups in total. The molecular weight excluding hydrogens is 488 g/mol. The fourth-order valence-electron chi connectivity index (χ4n) is 6.45. The van der Waals surface area contributed by atoms with Crippen LogP contribution in [-0.2, 0) is 17.8 Å². The van der Waals surface area contributed by atoms with E-state index in [1.54, 1.807) is 6.20 Å². The third-order valence-electron chi connectivity index (χ3n) is 8.35. The monoisotopic (exact) mass is 519 g/mol. The minimum Gasteiger partial charge on any atom is -0.494 e. The highest BCUT2D eigenvalue weighted by atomic mass is 19.3. The molecule has 0 spiro atoms. The van der Waals surface area contributed by atoms with Crippen LogP contribution in [0.1, 0.15) is 53.0 Å². The van der Waals surface area contributed by atoms with Crippen LogP contribution < -0.4 is 9.47 Å². The number of aromatic nitrogens is 1. The third kappa shape index (κ3) is 4.74. The standard InChI is InChI=1S/C31H31F2NO4/c1-17-8-23(37-7-6-20-13-31(32,33)14-20)9-18(2)27(17)21-5-3-4-19(10-21)16-38-26-12-22-11-24-28(25(22)15-34-26)29(24)30(35)36/h3-5,8-10,12,15,20,24,28-29H,6-7,11,13-14,16H2,1-2H3,(H,35,36)/t24-,28-,29+/m1/s1. The normalized spacial score (nSPS) is 22.8. The third-order valence-corrected chi connectivity index (χ3v) is 8.35. The van der Waals surface area contributed by atoms with Crippen LogP contribution in [0, 0.1) is 31.6 Å². The van der Waals surface area contributed by atoms with E-state index in [0.717, 1.165) is 51.1 Å². The fraction of sp³-hybridized carbons (Fsp3) is 0.419. The number of carboxylic acid groups (broad SMARTS) is 1. The number of carboxylic acids is 1.